The summed E-state index contributed by atoms with van der Waals surface area (Å²) in [4.78, 5) is 21.0. The average Bonchev–Trinajstić information content (AvgIpc) is 2.36. The molecule has 0 N–H and O–H groups in total. The Kier molecular flexibility index (Phi) is 3.09. The number of Topliss-reactive ketones (excluding diaryl/α,β-unsaturated/α-hetero) is 1. The molecule has 3 nitrogen and oxygen atoms in total. The van der Waals surface area contributed by atoms with Gasteiger partial charge < -0.3 is 0 Å². The Morgan fingerprint density at radius 1 is 1.25 bits per heavy atom. The van der Waals surface area contributed by atoms with Gasteiger partial charge in [0, 0.05) is 23.2 Å². The van der Waals surface area contributed by atoms with Crippen molar-refractivity contribution in [2.45, 2.75) is 26.7 Å². The Bertz CT molecular complexity index is 695. The minimum Gasteiger partial charge on any atom is -0.294 e. The summed E-state index contributed by atoms with van der Waals surface area (Å²) in [5, 5.41) is 0.653. The molecule has 3 rings (SSSR count). The summed E-state index contributed by atoms with van der Waals surface area (Å²) in [6.07, 6.45) is 3.00. The molecule has 1 aliphatic rings. The molecule has 0 fully saturated rings. The van der Waals surface area contributed by atoms with Gasteiger partial charge >= 0.3 is 0 Å². The van der Waals surface area contributed by atoms with Gasteiger partial charge in [-0.3, -0.25) is 4.79 Å². The summed E-state index contributed by atoms with van der Waals surface area (Å²) < 4.78 is 0. The van der Waals surface area contributed by atoms with Crippen LogP contribution in [0.1, 0.15) is 36.3 Å². The minimum atomic E-state index is -0.0377. The van der Waals surface area contributed by atoms with Gasteiger partial charge in [-0.2, -0.15) is 0 Å². The van der Waals surface area contributed by atoms with Crippen LogP contribution in [-0.4, -0.2) is 15.8 Å². The zero-order chi connectivity index (χ0) is 14.3. The molecular formula is C16H15ClN2O. The van der Waals surface area contributed by atoms with Crippen LogP contribution in [0, 0.1) is 5.41 Å². The second-order valence-electron chi connectivity index (χ2n) is 6.01. The number of benzene rings is 1. The van der Waals surface area contributed by atoms with E-state index in [-0.39, 0.29) is 11.2 Å². The van der Waals surface area contributed by atoms with E-state index in [0.717, 1.165) is 17.7 Å². The SMILES string of the molecule is CC1(C)CC(=O)c2cnc(-c3cccc(Cl)c3)nc2C1. The highest BCUT2D eigenvalue weighted by Gasteiger charge is 2.32. The van der Waals surface area contributed by atoms with Crippen LogP contribution in [0.5, 0.6) is 0 Å². The molecule has 1 aromatic heterocycles. The highest BCUT2D eigenvalue weighted by atomic mass is 35.5. The van der Waals surface area contributed by atoms with Gasteiger partial charge in [0.25, 0.3) is 0 Å². The number of hydrogen-bond donors (Lipinski definition) is 0. The molecule has 2 aromatic rings. The van der Waals surface area contributed by atoms with Gasteiger partial charge in [-0.15, -0.1) is 0 Å². The average molecular weight is 287 g/mol. The first-order valence-electron chi connectivity index (χ1n) is 6.60. The van der Waals surface area contributed by atoms with Gasteiger partial charge in [0.15, 0.2) is 11.6 Å². The molecule has 0 saturated heterocycles. The van der Waals surface area contributed by atoms with Crippen LogP contribution >= 0.6 is 11.6 Å². The fourth-order valence-corrected chi connectivity index (χ4v) is 2.79. The number of fused-ring (bicyclic) bond motifs is 1. The van der Waals surface area contributed by atoms with Crippen LogP contribution in [-0.2, 0) is 6.42 Å². The molecule has 0 atom stereocenters. The van der Waals surface area contributed by atoms with Crippen LogP contribution in [0.4, 0.5) is 0 Å². The maximum absolute atomic E-state index is 12.1. The first kappa shape index (κ1) is 13.3. The van der Waals surface area contributed by atoms with Gasteiger partial charge in [0.1, 0.15) is 0 Å². The van der Waals surface area contributed by atoms with Gasteiger partial charge in [-0.05, 0) is 24.0 Å². The summed E-state index contributed by atoms with van der Waals surface area (Å²) in [6.45, 7) is 4.18. The Balaban J connectivity index is 2.07. The molecule has 0 saturated carbocycles. The monoisotopic (exact) mass is 286 g/mol. The molecular weight excluding hydrogens is 272 g/mol. The molecule has 4 heteroatoms. The van der Waals surface area contributed by atoms with Crippen molar-refractivity contribution in [1.82, 2.24) is 9.97 Å². The van der Waals surface area contributed by atoms with Gasteiger partial charge in [-0.1, -0.05) is 37.6 Å². The summed E-state index contributed by atoms with van der Waals surface area (Å²) in [6, 6.07) is 7.44. The number of halogens is 1. The summed E-state index contributed by atoms with van der Waals surface area (Å²) in [5.41, 5.74) is 2.34. The van der Waals surface area contributed by atoms with Gasteiger partial charge in [-0.25, -0.2) is 9.97 Å². The second kappa shape index (κ2) is 4.67. The van der Waals surface area contributed by atoms with Crippen molar-refractivity contribution in [3.05, 3.63) is 46.7 Å². The Morgan fingerprint density at radius 3 is 2.80 bits per heavy atom. The normalized spacial score (nSPS) is 16.9. The number of carbonyl (C=O) groups excluding carboxylic acids is 1. The lowest BCUT2D eigenvalue weighted by Gasteiger charge is -2.29. The highest BCUT2D eigenvalue weighted by Crippen LogP contribution is 2.34. The summed E-state index contributed by atoms with van der Waals surface area (Å²) in [7, 11) is 0. The highest BCUT2D eigenvalue weighted by molar-refractivity contribution is 6.30. The topological polar surface area (TPSA) is 42.9 Å². The van der Waals surface area contributed by atoms with E-state index in [1.165, 1.54) is 0 Å². The number of rotatable bonds is 1. The molecule has 0 aliphatic heterocycles. The number of aromatic nitrogens is 2. The third kappa shape index (κ3) is 2.46. The maximum Gasteiger partial charge on any atom is 0.166 e. The van der Waals surface area contributed by atoms with Crippen molar-refractivity contribution in [2.75, 3.05) is 0 Å². The fraction of sp³-hybridized carbons (Fsp3) is 0.312. The van der Waals surface area contributed by atoms with Crippen LogP contribution in [0.15, 0.2) is 30.5 Å². The Morgan fingerprint density at radius 2 is 2.05 bits per heavy atom. The predicted molar refractivity (Wildman–Crippen MR) is 78.9 cm³/mol. The third-order valence-electron chi connectivity index (χ3n) is 3.54. The first-order chi connectivity index (χ1) is 9.44. The predicted octanol–water partition coefficient (Wildman–Crippen LogP) is 3.95. The van der Waals surface area contributed by atoms with Crippen molar-refractivity contribution < 1.29 is 4.79 Å². The third-order valence-corrected chi connectivity index (χ3v) is 3.77. The fourth-order valence-electron chi connectivity index (χ4n) is 2.60. The van der Waals surface area contributed by atoms with E-state index in [1.807, 2.05) is 24.3 Å². The smallest absolute Gasteiger partial charge is 0.166 e. The number of hydrogen-bond acceptors (Lipinski definition) is 3. The van der Waals surface area contributed by atoms with E-state index in [9.17, 15) is 4.79 Å². The van der Waals surface area contributed by atoms with E-state index in [2.05, 4.69) is 23.8 Å². The van der Waals surface area contributed by atoms with Crippen molar-refractivity contribution in [1.29, 1.82) is 0 Å². The standard InChI is InChI=1S/C16H15ClN2O/c1-16(2)7-13-12(14(20)8-16)9-18-15(19-13)10-4-3-5-11(17)6-10/h3-6,9H,7-8H2,1-2H3. The molecule has 0 spiro atoms. The van der Waals surface area contributed by atoms with E-state index >= 15 is 0 Å². The molecule has 0 unspecified atom stereocenters. The molecule has 20 heavy (non-hydrogen) atoms. The van der Waals surface area contributed by atoms with Gasteiger partial charge in [0.05, 0.1) is 11.3 Å². The lowest BCUT2D eigenvalue weighted by atomic mass is 9.76. The minimum absolute atomic E-state index is 0.0377. The lowest BCUT2D eigenvalue weighted by Crippen LogP contribution is -2.28. The zero-order valence-corrected chi connectivity index (χ0v) is 12.2. The molecule has 1 aromatic carbocycles. The molecule has 0 bridgehead atoms. The second-order valence-corrected chi connectivity index (χ2v) is 6.44. The number of carbonyl (C=O) groups is 1. The Labute approximate surface area is 123 Å². The van der Waals surface area contributed by atoms with E-state index in [4.69, 9.17) is 11.6 Å². The van der Waals surface area contributed by atoms with Gasteiger partial charge in [0.2, 0.25) is 0 Å². The molecule has 102 valence electrons. The molecule has 1 heterocycles. The quantitative estimate of drug-likeness (QED) is 0.797. The van der Waals surface area contributed by atoms with E-state index in [1.54, 1.807) is 6.20 Å². The summed E-state index contributed by atoms with van der Waals surface area (Å²) in [5.74, 6) is 0.755. The molecule has 0 radical (unpaired) electrons. The largest absolute Gasteiger partial charge is 0.294 e. The van der Waals surface area contributed by atoms with Crippen LogP contribution in [0.2, 0.25) is 5.02 Å². The van der Waals surface area contributed by atoms with Crippen molar-refractivity contribution in [3.8, 4) is 11.4 Å². The van der Waals surface area contributed by atoms with E-state index in [0.29, 0.717) is 22.8 Å². The molecule has 1 aliphatic carbocycles. The first-order valence-corrected chi connectivity index (χ1v) is 6.97. The zero-order valence-electron chi connectivity index (χ0n) is 11.5. The van der Waals surface area contributed by atoms with Crippen molar-refractivity contribution in [3.63, 3.8) is 0 Å². The number of ketones is 1. The van der Waals surface area contributed by atoms with E-state index < -0.39 is 0 Å². The maximum atomic E-state index is 12.1. The van der Waals surface area contributed by atoms with Crippen LogP contribution in [0.3, 0.4) is 0 Å². The van der Waals surface area contributed by atoms with Crippen molar-refractivity contribution >= 4 is 17.4 Å². The summed E-state index contributed by atoms with van der Waals surface area (Å²) >= 11 is 6.00. The van der Waals surface area contributed by atoms with Crippen LogP contribution in [0.25, 0.3) is 11.4 Å². The van der Waals surface area contributed by atoms with Crippen LogP contribution < -0.4 is 0 Å². The Hall–Kier alpha value is -1.74. The molecule has 0 amide bonds. The lowest BCUT2D eigenvalue weighted by molar-refractivity contribution is 0.0910. The number of nitrogens with zero attached hydrogens (tertiary/aromatic N) is 2. The van der Waals surface area contributed by atoms with Crippen molar-refractivity contribution in [2.24, 2.45) is 5.41 Å².